The monoisotopic (exact) mass is 384 g/mol. The van der Waals surface area contributed by atoms with E-state index in [2.05, 4.69) is 10.2 Å². The molecule has 1 aromatic carbocycles. The number of nitrogens with zero attached hydrogens (tertiary/aromatic N) is 6. The first-order chi connectivity index (χ1) is 13.4. The molecule has 28 heavy (non-hydrogen) atoms. The summed E-state index contributed by atoms with van der Waals surface area (Å²) in [6, 6.07) is 7.35. The molecule has 3 amide bonds. The van der Waals surface area contributed by atoms with Crippen molar-refractivity contribution in [1.82, 2.24) is 29.7 Å². The molecule has 0 spiro atoms. The zero-order valence-electron chi connectivity index (χ0n) is 16.1. The number of amides is 3. The molecule has 1 aromatic heterocycles. The van der Waals surface area contributed by atoms with Crippen LogP contribution in [0.1, 0.15) is 12.8 Å². The molecule has 9 nitrogen and oxygen atoms in total. The first kappa shape index (κ1) is 18.4. The van der Waals surface area contributed by atoms with Gasteiger partial charge in [0.05, 0.1) is 5.92 Å². The van der Waals surface area contributed by atoms with Gasteiger partial charge in [-0.2, -0.15) is 15.0 Å². The van der Waals surface area contributed by atoms with E-state index < -0.39 is 0 Å². The molecule has 148 valence electrons. The van der Waals surface area contributed by atoms with Crippen molar-refractivity contribution in [1.29, 1.82) is 0 Å². The van der Waals surface area contributed by atoms with Gasteiger partial charge in [-0.25, -0.2) is 0 Å². The summed E-state index contributed by atoms with van der Waals surface area (Å²) in [4.78, 5) is 44.1. The molecule has 3 aliphatic heterocycles. The Morgan fingerprint density at radius 2 is 1.75 bits per heavy atom. The second kappa shape index (κ2) is 7.21. The Kier molecular flexibility index (Phi) is 4.74. The summed E-state index contributed by atoms with van der Waals surface area (Å²) in [5.41, 5.74) is 1.49. The summed E-state index contributed by atoms with van der Waals surface area (Å²) in [5.74, 6) is -0.482. The van der Waals surface area contributed by atoms with E-state index in [-0.39, 0.29) is 42.8 Å². The van der Waals surface area contributed by atoms with E-state index in [1.165, 1.54) is 9.70 Å². The third kappa shape index (κ3) is 3.44. The van der Waals surface area contributed by atoms with Gasteiger partial charge in [-0.05, 0) is 25.0 Å². The number of piperidine rings is 1. The van der Waals surface area contributed by atoms with E-state index >= 15 is 0 Å². The lowest BCUT2D eigenvalue weighted by molar-refractivity contribution is -0.145. The fourth-order valence-electron chi connectivity index (χ4n) is 3.94. The molecular formula is C19H24N6O3. The number of aromatic nitrogens is 3. The SMILES string of the molecule is CN(C)C(=O)CN1C(=O)[C@@H]2CC[C@H]1CN(C(=O)Cn1nc3ccccc3n1)C2. The van der Waals surface area contributed by atoms with Crippen LogP contribution in [0.4, 0.5) is 0 Å². The van der Waals surface area contributed by atoms with Crippen molar-refractivity contribution in [3.8, 4) is 0 Å². The van der Waals surface area contributed by atoms with Gasteiger partial charge in [-0.1, -0.05) is 12.1 Å². The van der Waals surface area contributed by atoms with Gasteiger partial charge < -0.3 is 14.7 Å². The van der Waals surface area contributed by atoms with Crippen LogP contribution >= 0.6 is 0 Å². The minimum Gasteiger partial charge on any atom is -0.347 e. The first-order valence-corrected chi connectivity index (χ1v) is 9.50. The molecule has 0 unspecified atom stereocenters. The number of fused-ring (bicyclic) bond motifs is 5. The number of likely N-dealkylation sites (N-methyl/N-ethyl adjacent to an activating group) is 1. The van der Waals surface area contributed by atoms with Gasteiger partial charge in [0.2, 0.25) is 17.7 Å². The second-order valence-corrected chi connectivity index (χ2v) is 7.70. The third-order valence-corrected chi connectivity index (χ3v) is 5.56. The highest BCUT2D eigenvalue weighted by atomic mass is 16.2. The lowest BCUT2D eigenvalue weighted by Gasteiger charge is -2.35. The molecule has 5 rings (SSSR count). The van der Waals surface area contributed by atoms with E-state index in [0.717, 1.165) is 23.9 Å². The number of rotatable bonds is 4. The normalized spacial score (nSPS) is 21.9. The zero-order valence-corrected chi connectivity index (χ0v) is 16.1. The van der Waals surface area contributed by atoms with E-state index in [0.29, 0.717) is 13.1 Å². The Bertz CT molecular complexity index is 890. The van der Waals surface area contributed by atoms with Crippen molar-refractivity contribution in [2.75, 3.05) is 33.7 Å². The molecule has 0 saturated carbocycles. The molecule has 2 aromatic rings. The molecule has 3 aliphatic rings. The number of carbonyl (C=O) groups excluding carboxylic acids is 3. The van der Waals surface area contributed by atoms with Crippen molar-refractivity contribution >= 4 is 28.8 Å². The molecule has 3 saturated heterocycles. The lowest BCUT2D eigenvalue weighted by Crippen LogP contribution is -2.51. The Labute approximate surface area is 162 Å². The van der Waals surface area contributed by atoms with Gasteiger partial charge in [0, 0.05) is 33.2 Å². The van der Waals surface area contributed by atoms with Crippen LogP contribution in [0, 0.1) is 5.92 Å². The molecule has 3 fully saturated rings. The number of hydrogen-bond acceptors (Lipinski definition) is 5. The van der Waals surface area contributed by atoms with Crippen LogP contribution in [-0.4, -0.2) is 87.2 Å². The summed E-state index contributed by atoms with van der Waals surface area (Å²) in [6.45, 7) is 0.949. The van der Waals surface area contributed by atoms with Crippen LogP contribution in [0.5, 0.6) is 0 Å². The van der Waals surface area contributed by atoms with Crippen LogP contribution < -0.4 is 0 Å². The highest BCUT2D eigenvalue weighted by molar-refractivity contribution is 5.88. The fraction of sp³-hybridized carbons (Fsp3) is 0.526. The van der Waals surface area contributed by atoms with Crippen LogP contribution in [0.2, 0.25) is 0 Å². The van der Waals surface area contributed by atoms with Gasteiger partial charge >= 0.3 is 0 Å². The van der Waals surface area contributed by atoms with Crippen molar-refractivity contribution in [2.45, 2.75) is 25.4 Å². The van der Waals surface area contributed by atoms with Crippen molar-refractivity contribution in [3.05, 3.63) is 24.3 Å². The number of hydrogen-bond donors (Lipinski definition) is 0. The Morgan fingerprint density at radius 3 is 2.39 bits per heavy atom. The fourth-order valence-corrected chi connectivity index (χ4v) is 3.94. The van der Waals surface area contributed by atoms with E-state index in [1.54, 1.807) is 23.9 Å². The van der Waals surface area contributed by atoms with Gasteiger partial charge in [-0.3, -0.25) is 14.4 Å². The van der Waals surface area contributed by atoms with E-state index in [1.807, 2.05) is 24.3 Å². The van der Waals surface area contributed by atoms with Crippen LogP contribution in [0.25, 0.3) is 11.0 Å². The average Bonchev–Trinajstić information content (AvgIpc) is 2.87. The minimum atomic E-state index is -0.248. The van der Waals surface area contributed by atoms with Crippen molar-refractivity contribution < 1.29 is 14.4 Å². The predicted octanol–water partition coefficient (Wildman–Crippen LogP) is -0.0311. The number of benzene rings is 1. The van der Waals surface area contributed by atoms with Gasteiger partial charge in [0.25, 0.3) is 0 Å². The van der Waals surface area contributed by atoms with E-state index in [9.17, 15) is 14.4 Å². The summed E-state index contributed by atoms with van der Waals surface area (Å²) in [7, 11) is 3.36. The second-order valence-electron chi connectivity index (χ2n) is 7.70. The highest BCUT2D eigenvalue weighted by Gasteiger charge is 2.42. The van der Waals surface area contributed by atoms with Crippen molar-refractivity contribution in [3.63, 3.8) is 0 Å². The zero-order chi connectivity index (χ0) is 19.8. The van der Waals surface area contributed by atoms with E-state index in [4.69, 9.17) is 0 Å². The quantitative estimate of drug-likeness (QED) is 0.738. The van der Waals surface area contributed by atoms with Gasteiger partial charge in [-0.15, -0.1) is 0 Å². The van der Waals surface area contributed by atoms with Crippen LogP contribution in [0.3, 0.4) is 0 Å². The molecule has 9 heteroatoms. The first-order valence-electron chi connectivity index (χ1n) is 9.50. The Hall–Kier alpha value is -2.97. The molecule has 2 bridgehead atoms. The minimum absolute atomic E-state index is 0.0234. The largest absolute Gasteiger partial charge is 0.347 e. The molecule has 0 radical (unpaired) electrons. The molecule has 4 heterocycles. The van der Waals surface area contributed by atoms with Crippen LogP contribution in [-0.2, 0) is 20.9 Å². The standard InChI is InChI=1S/C19H24N6O3/c1-22(2)17(26)11-24-14-8-7-13(19(24)28)9-23(10-14)18(27)12-25-20-15-5-3-4-6-16(15)21-25/h3-6,13-14H,7-12H2,1-2H3/t13-,14+/m1/s1. The van der Waals surface area contributed by atoms with Gasteiger partial charge in [0.15, 0.2) is 0 Å². The third-order valence-electron chi connectivity index (χ3n) is 5.56. The molecule has 2 atom stereocenters. The topological polar surface area (TPSA) is 91.6 Å². The predicted molar refractivity (Wildman–Crippen MR) is 101 cm³/mol. The molecule has 0 aliphatic carbocycles. The average molecular weight is 384 g/mol. The van der Waals surface area contributed by atoms with Crippen molar-refractivity contribution in [2.24, 2.45) is 5.92 Å². The maximum atomic E-state index is 12.9. The number of carbonyl (C=O) groups is 3. The Balaban J connectivity index is 1.48. The summed E-state index contributed by atoms with van der Waals surface area (Å²) < 4.78 is 0. The van der Waals surface area contributed by atoms with Gasteiger partial charge in [0.1, 0.15) is 24.1 Å². The summed E-state index contributed by atoms with van der Waals surface area (Å²) in [5, 5.41) is 8.69. The Morgan fingerprint density at radius 1 is 1.07 bits per heavy atom. The maximum absolute atomic E-state index is 12.9. The van der Waals surface area contributed by atoms with Crippen LogP contribution in [0.15, 0.2) is 24.3 Å². The maximum Gasteiger partial charge on any atom is 0.246 e. The smallest absolute Gasteiger partial charge is 0.246 e. The molecule has 0 N–H and O–H groups in total. The lowest BCUT2D eigenvalue weighted by atomic mass is 9.94. The summed E-state index contributed by atoms with van der Waals surface area (Å²) >= 11 is 0. The summed E-state index contributed by atoms with van der Waals surface area (Å²) in [6.07, 6.45) is 1.56. The molecular weight excluding hydrogens is 360 g/mol. The highest BCUT2D eigenvalue weighted by Crippen LogP contribution is 2.29.